The number of hydrogen-bond acceptors (Lipinski definition) is 5. The van der Waals surface area contributed by atoms with Crippen molar-refractivity contribution in [1.29, 1.82) is 0 Å². The maximum absolute atomic E-state index is 6.14. The smallest absolute Gasteiger partial charge is 0.210 e. The molecule has 2 aromatic heterocycles. The number of rotatable bonds is 4. The van der Waals surface area contributed by atoms with Crippen LogP contribution in [0.3, 0.4) is 0 Å². The van der Waals surface area contributed by atoms with E-state index >= 15 is 0 Å². The fourth-order valence-electron chi connectivity index (χ4n) is 2.39. The molecule has 6 heteroatoms. The van der Waals surface area contributed by atoms with Crippen LogP contribution in [0.15, 0.2) is 41.8 Å². The van der Waals surface area contributed by atoms with E-state index in [0.29, 0.717) is 11.0 Å². The molecular formula is C17H19N5S. The van der Waals surface area contributed by atoms with Gasteiger partial charge in [-0.05, 0) is 55.2 Å². The normalized spacial score (nSPS) is 10.9. The number of aryl methyl sites for hydroxylation is 3. The maximum atomic E-state index is 6.14. The van der Waals surface area contributed by atoms with E-state index in [1.54, 1.807) is 24.2 Å². The first-order valence-corrected chi connectivity index (χ1v) is 8.35. The highest BCUT2D eigenvalue weighted by Gasteiger charge is 2.12. The summed E-state index contributed by atoms with van der Waals surface area (Å²) in [4.78, 5) is 4.00. The van der Waals surface area contributed by atoms with Crippen molar-refractivity contribution in [3.63, 3.8) is 0 Å². The lowest BCUT2D eigenvalue weighted by molar-refractivity contribution is 0.849. The number of nitrogens with two attached hydrogens (primary N) is 1. The van der Waals surface area contributed by atoms with Gasteiger partial charge in [0.15, 0.2) is 5.82 Å². The first-order chi connectivity index (χ1) is 11.1. The van der Waals surface area contributed by atoms with Gasteiger partial charge in [-0.2, -0.15) is 0 Å². The van der Waals surface area contributed by atoms with Gasteiger partial charge < -0.3 is 5.84 Å². The SMILES string of the molecule is Cc1cc(C)c(CSc2nnc(-c3ccncc3)n2N)cc1C. The van der Waals surface area contributed by atoms with Crippen molar-refractivity contribution in [2.45, 2.75) is 31.7 Å². The summed E-state index contributed by atoms with van der Waals surface area (Å²) >= 11 is 1.59. The van der Waals surface area contributed by atoms with Gasteiger partial charge in [-0.25, -0.2) is 4.68 Å². The Kier molecular flexibility index (Phi) is 4.34. The molecule has 0 aliphatic heterocycles. The number of nitrogens with zero attached hydrogens (tertiary/aromatic N) is 4. The van der Waals surface area contributed by atoms with E-state index in [2.05, 4.69) is 48.1 Å². The summed E-state index contributed by atoms with van der Waals surface area (Å²) in [6, 6.07) is 8.20. The van der Waals surface area contributed by atoms with Crippen molar-refractivity contribution in [2.75, 3.05) is 5.84 Å². The minimum atomic E-state index is 0.645. The van der Waals surface area contributed by atoms with Crippen molar-refractivity contribution in [3.05, 3.63) is 58.9 Å². The van der Waals surface area contributed by atoms with E-state index in [-0.39, 0.29) is 0 Å². The maximum Gasteiger partial charge on any atom is 0.210 e. The van der Waals surface area contributed by atoms with Gasteiger partial charge in [0.2, 0.25) is 5.16 Å². The number of pyridine rings is 1. The van der Waals surface area contributed by atoms with Crippen LogP contribution in [-0.2, 0) is 5.75 Å². The number of benzene rings is 1. The van der Waals surface area contributed by atoms with Crippen LogP contribution in [0.1, 0.15) is 22.3 Å². The fourth-order valence-corrected chi connectivity index (χ4v) is 3.31. The zero-order valence-corrected chi connectivity index (χ0v) is 14.3. The summed E-state index contributed by atoms with van der Waals surface area (Å²) in [5.41, 5.74) is 6.12. The zero-order valence-electron chi connectivity index (χ0n) is 13.4. The van der Waals surface area contributed by atoms with E-state index in [1.807, 2.05) is 12.1 Å². The molecule has 0 bridgehead atoms. The van der Waals surface area contributed by atoms with Gasteiger partial charge in [-0.3, -0.25) is 4.98 Å². The number of nitrogen functional groups attached to an aromatic ring is 1. The first-order valence-electron chi connectivity index (χ1n) is 7.36. The molecular weight excluding hydrogens is 306 g/mol. The van der Waals surface area contributed by atoms with E-state index in [4.69, 9.17) is 5.84 Å². The van der Waals surface area contributed by atoms with Gasteiger partial charge in [-0.15, -0.1) is 10.2 Å². The molecule has 0 spiro atoms. The Morgan fingerprint density at radius 1 is 1.00 bits per heavy atom. The van der Waals surface area contributed by atoms with Gasteiger partial charge in [-0.1, -0.05) is 23.9 Å². The molecule has 3 aromatic rings. The van der Waals surface area contributed by atoms with Crippen LogP contribution in [0.25, 0.3) is 11.4 Å². The number of thioether (sulfide) groups is 1. The molecule has 1 aromatic carbocycles. The highest BCUT2D eigenvalue weighted by molar-refractivity contribution is 7.98. The molecule has 0 saturated carbocycles. The minimum absolute atomic E-state index is 0.645. The zero-order chi connectivity index (χ0) is 16.4. The van der Waals surface area contributed by atoms with Gasteiger partial charge in [0.05, 0.1) is 0 Å². The monoisotopic (exact) mass is 325 g/mol. The molecule has 2 heterocycles. The molecule has 2 N–H and O–H groups in total. The summed E-state index contributed by atoms with van der Waals surface area (Å²) in [5, 5.41) is 9.10. The highest BCUT2D eigenvalue weighted by Crippen LogP contribution is 2.26. The molecule has 0 aliphatic carbocycles. The van der Waals surface area contributed by atoms with E-state index < -0.39 is 0 Å². The summed E-state index contributed by atoms with van der Waals surface area (Å²) in [5.74, 6) is 7.61. The Morgan fingerprint density at radius 3 is 2.43 bits per heavy atom. The quantitative estimate of drug-likeness (QED) is 0.589. The average Bonchev–Trinajstić information content (AvgIpc) is 2.91. The summed E-state index contributed by atoms with van der Waals surface area (Å²) in [6.07, 6.45) is 3.44. The van der Waals surface area contributed by atoms with Crippen molar-refractivity contribution in [2.24, 2.45) is 0 Å². The highest BCUT2D eigenvalue weighted by atomic mass is 32.2. The Hall–Kier alpha value is -2.34. The standard InChI is InChI=1S/C17H19N5S/c1-11-8-13(3)15(9-12(11)2)10-23-17-21-20-16(22(17)18)14-4-6-19-7-5-14/h4-9H,10,18H2,1-3H3. The number of aromatic nitrogens is 4. The van der Waals surface area contributed by atoms with Gasteiger partial charge in [0.1, 0.15) is 0 Å². The lowest BCUT2D eigenvalue weighted by Crippen LogP contribution is -2.11. The Labute approximate surface area is 139 Å². The van der Waals surface area contributed by atoms with Gasteiger partial charge in [0, 0.05) is 23.7 Å². The fraction of sp³-hybridized carbons (Fsp3) is 0.235. The lowest BCUT2D eigenvalue weighted by Gasteiger charge is -2.09. The van der Waals surface area contributed by atoms with Crippen LogP contribution in [0.5, 0.6) is 0 Å². The van der Waals surface area contributed by atoms with Crippen LogP contribution < -0.4 is 5.84 Å². The van der Waals surface area contributed by atoms with Crippen molar-refractivity contribution >= 4 is 11.8 Å². The second-order valence-corrected chi connectivity index (χ2v) is 6.51. The predicted octanol–water partition coefficient (Wildman–Crippen LogP) is 3.27. The molecule has 0 fully saturated rings. The minimum Gasteiger partial charge on any atom is -0.335 e. The van der Waals surface area contributed by atoms with Crippen molar-refractivity contribution in [3.8, 4) is 11.4 Å². The van der Waals surface area contributed by atoms with Crippen LogP contribution in [0, 0.1) is 20.8 Å². The van der Waals surface area contributed by atoms with Crippen LogP contribution in [0.4, 0.5) is 0 Å². The summed E-state index contributed by atoms with van der Waals surface area (Å²) < 4.78 is 1.54. The molecule has 23 heavy (non-hydrogen) atoms. The molecule has 0 amide bonds. The predicted molar refractivity (Wildman–Crippen MR) is 93.6 cm³/mol. The molecule has 0 aliphatic rings. The average molecular weight is 325 g/mol. The largest absolute Gasteiger partial charge is 0.335 e. The number of hydrogen-bond donors (Lipinski definition) is 1. The van der Waals surface area contributed by atoms with Crippen LogP contribution >= 0.6 is 11.8 Å². The Balaban J connectivity index is 1.80. The second kappa shape index (κ2) is 6.42. The Morgan fingerprint density at radius 2 is 1.70 bits per heavy atom. The summed E-state index contributed by atoms with van der Waals surface area (Å²) in [6.45, 7) is 6.41. The van der Waals surface area contributed by atoms with E-state index in [9.17, 15) is 0 Å². The summed E-state index contributed by atoms with van der Waals surface area (Å²) in [7, 11) is 0. The lowest BCUT2D eigenvalue weighted by atomic mass is 10.0. The molecule has 5 nitrogen and oxygen atoms in total. The third-order valence-corrected chi connectivity index (χ3v) is 4.90. The molecule has 0 atom stereocenters. The van der Waals surface area contributed by atoms with Crippen molar-refractivity contribution < 1.29 is 0 Å². The van der Waals surface area contributed by atoms with Crippen LogP contribution in [-0.4, -0.2) is 19.9 Å². The van der Waals surface area contributed by atoms with E-state index in [1.165, 1.54) is 26.9 Å². The molecule has 0 unspecified atom stereocenters. The molecule has 3 rings (SSSR count). The molecule has 118 valence electrons. The first kappa shape index (κ1) is 15.6. The van der Waals surface area contributed by atoms with Gasteiger partial charge >= 0.3 is 0 Å². The van der Waals surface area contributed by atoms with Gasteiger partial charge in [0.25, 0.3) is 0 Å². The molecule has 0 radical (unpaired) electrons. The third-order valence-electron chi connectivity index (χ3n) is 3.91. The van der Waals surface area contributed by atoms with E-state index in [0.717, 1.165) is 11.3 Å². The van der Waals surface area contributed by atoms with Crippen molar-refractivity contribution in [1.82, 2.24) is 19.9 Å². The second-order valence-electron chi connectivity index (χ2n) is 5.56. The molecule has 0 saturated heterocycles. The third kappa shape index (κ3) is 3.22. The van der Waals surface area contributed by atoms with Crippen LogP contribution in [0.2, 0.25) is 0 Å². The topological polar surface area (TPSA) is 69.6 Å². The Bertz CT molecular complexity index is 827.